The lowest BCUT2D eigenvalue weighted by molar-refractivity contribution is 0.171. The fraction of sp³-hybridized carbons (Fsp3) is 0.176. The van der Waals surface area contributed by atoms with Gasteiger partial charge in [0, 0.05) is 9.50 Å². The molecule has 0 spiro atoms. The van der Waals surface area contributed by atoms with Crippen molar-refractivity contribution in [3.63, 3.8) is 0 Å². The zero-order valence-electron chi connectivity index (χ0n) is 12.8. The number of ether oxygens (including phenoxy) is 2. The van der Waals surface area contributed by atoms with Gasteiger partial charge in [-0.05, 0) is 29.8 Å². The first-order valence-corrected chi connectivity index (χ1v) is 9.00. The van der Waals surface area contributed by atoms with E-state index in [0.717, 1.165) is 10.0 Å². The summed E-state index contributed by atoms with van der Waals surface area (Å²) < 4.78 is 13.5. The van der Waals surface area contributed by atoms with Crippen LogP contribution in [0, 0.1) is 0 Å². The van der Waals surface area contributed by atoms with Gasteiger partial charge in [0.05, 0.1) is 28.8 Å². The second kappa shape index (κ2) is 6.52. The number of rotatable bonds is 2. The highest BCUT2D eigenvalue weighted by molar-refractivity contribution is 9.10. The normalized spacial score (nSPS) is 13.2. The van der Waals surface area contributed by atoms with Gasteiger partial charge >= 0.3 is 0 Å². The number of nitrogens with zero attached hydrogens (tertiary/aromatic N) is 2. The van der Waals surface area contributed by atoms with Crippen LogP contribution in [0.1, 0.15) is 5.56 Å². The largest absolute Gasteiger partial charge is 0.486 e. The third kappa shape index (κ3) is 3.10. The van der Waals surface area contributed by atoms with Gasteiger partial charge in [0.1, 0.15) is 13.2 Å². The molecule has 0 aliphatic carbocycles. The predicted molar refractivity (Wildman–Crippen MR) is 100 cm³/mol. The summed E-state index contributed by atoms with van der Waals surface area (Å²) in [6, 6.07) is 6.85. The molecule has 0 radical (unpaired) electrons. The van der Waals surface area contributed by atoms with Crippen molar-refractivity contribution in [1.29, 1.82) is 0 Å². The van der Waals surface area contributed by atoms with Crippen LogP contribution in [0.15, 0.2) is 39.9 Å². The van der Waals surface area contributed by atoms with Crippen LogP contribution < -0.4 is 15.0 Å². The minimum atomic E-state index is -0.212. The summed E-state index contributed by atoms with van der Waals surface area (Å²) >= 11 is 15.7. The van der Waals surface area contributed by atoms with Crippen LogP contribution in [0.2, 0.25) is 10.0 Å². The molecule has 2 heterocycles. The molecule has 2 aromatic carbocycles. The molecule has 128 valence electrons. The summed E-state index contributed by atoms with van der Waals surface area (Å²) in [5.74, 6) is 1.35. The molecule has 5 nitrogen and oxygen atoms in total. The van der Waals surface area contributed by atoms with Gasteiger partial charge in [-0.2, -0.15) is 0 Å². The molecule has 3 aromatic rings. The number of hydrogen-bond acceptors (Lipinski definition) is 4. The van der Waals surface area contributed by atoms with Crippen molar-refractivity contribution in [3.8, 4) is 11.5 Å². The number of halogens is 3. The van der Waals surface area contributed by atoms with Crippen molar-refractivity contribution in [1.82, 2.24) is 9.55 Å². The van der Waals surface area contributed by atoms with Crippen molar-refractivity contribution in [3.05, 3.63) is 61.0 Å². The topological polar surface area (TPSA) is 53.4 Å². The van der Waals surface area contributed by atoms with Crippen LogP contribution >= 0.6 is 39.1 Å². The van der Waals surface area contributed by atoms with Gasteiger partial charge in [-0.15, -0.1) is 0 Å². The van der Waals surface area contributed by atoms with E-state index in [4.69, 9.17) is 32.7 Å². The minimum absolute atomic E-state index is 0.212. The molecule has 0 saturated heterocycles. The lowest BCUT2D eigenvalue weighted by atomic mass is 10.2. The summed E-state index contributed by atoms with van der Waals surface area (Å²) in [6.07, 6.45) is 1.48. The second-order valence-electron chi connectivity index (χ2n) is 5.55. The lowest BCUT2D eigenvalue weighted by Crippen LogP contribution is -2.22. The molecule has 0 N–H and O–H groups in total. The third-order valence-electron chi connectivity index (χ3n) is 3.90. The molecule has 0 fully saturated rings. The molecule has 0 atom stereocenters. The third-order valence-corrected chi connectivity index (χ3v) is 5.14. The van der Waals surface area contributed by atoms with Gasteiger partial charge in [0.15, 0.2) is 11.5 Å². The van der Waals surface area contributed by atoms with E-state index in [-0.39, 0.29) is 5.56 Å². The Morgan fingerprint density at radius 2 is 1.84 bits per heavy atom. The van der Waals surface area contributed by atoms with E-state index in [9.17, 15) is 4.79 Å². The molecule has 0 amide bonds. The van der Waals surface area contributed by atoms with Gasteiger partial charge in [-0.25, -0.2) is 4.98 Å². The van der Waals surface area contributed by atoms with Crippen LogP contribution in [0.5, 0.6) is 11.5 Å². The first-order chi connectivity index (χ1) is 12.0. The standard InChI is InChI=1S/C17H11BrCl2N2O3/c18-12-6-15-14(24-1-2-25-15)3-9(12)7-22-8-21-16-11(17(22)23)4-10(19)5-13(16)20/h3-6,8H,1-2,7H2. The monoisotopic (exact) mass is 440 g/mol. The summed E-state index contributed by atoms with van der Waals surface area (Å²) in [5.41, 5.74) is 1.10. The highest BCUT2D eigenvalue weighted by Gasteiger charge is 2.16. The Morgan fingerprint density at radius 3 is 2.60 bits per heavy atom. The summed E-state index contributed by atoms with van der Waals surface area (Å²) in [7, 11) is 0. The van der Waals surface area contributed by atoms with Crippen molar-refractivity contribution < 1.29 is 9.47 Å². The SMILES string of the molecule is O=c1c2cc(Cl)cc(Cl)c2ncn1Cc1cc2c(cc1Br)OCCO2. The first kappa shape index (κ1) is 16.7. The number of fused-ring (bicyclic) bond motifs is 2. The van der Waals surface area contributed by atoms with Crippen molar-refractivity contribution in [2.45, 2.75) is 6.54 Å². The fourth-order valence-electron chi connectivity index (χ4n) is 2.72. The molecule has 8 heteroatoms. The van der Waals surface area contributed by atoms with E-state index in [0.29, 0.717) is 52.2 Å². The highest BCUT2D eigenvalue weighted by atomic mass is 79.9. The first-order valence-electron chi connectivity index (χ1n) is 7.45. The molecule has 0 saturated carbocycles. The molecule has 1 aromatic heterocycles. The van der Waals surface area contributed by atoms with Gasteiger partial charge < -0.3 is 9.47 Å². The van der Waals surface area contributed by atoms with Crippen LogP contribution in [-0.2, 0) is 6.54 Å². The zero-order valence-corrected chi connectivity index (χ0v) is 15.9. The minimum Gasteiger partial charge on any atom is -0.486 e. The van der Waals surface area contributed by atoms with E-state index < -0.39 is 0 Å². The average Bonchev–Trinajstić information content (AvgIpc) is 2.58. The lowest BCUT2D eigenvalue weighted by Gasteiger charge is -2.20. The maximum absolute atomic E-state index is 12.8. The van der Waals surface area contributed by atoms with E-state index in [2.05, 4.69) is 20.9 Å². The van der Waals surface area contributed by atoms with Crippen LogP contribution in [0.4, 0.5) is 0 Å². The predicted octanol–water partition coefficient (Wildman–Crippen LogP) is 4.29. The molecular formula is C17H11BrCl2N2O3. The number of hydrogen-bond donors (Lipinski definition) is 0. The maximum Gasteiger partial charge on any atom is 0.261 e. The number of aromatic nitrogens is 2. The molecule has 0 bridgehead atoms. The Hall–Kier alpha value is -1.76. The van der Waals surface area contributed by atoms with Crippen LogP contribution in [-0.4, -0.2) is 22.8 Å². The smallest absolute Gasteiger partial charge is 0.261 e. The Kier molecular flexibility index (Phi) is 4.35. The summed E-state index contributed by atoms with van der Waals surface area (Å²) in [4.78, 5) is 17.1. The van der Waals surface area contributed by atoms with Crippen molar-refractivity contribution in [2.24, 2.45) is 0 Å². The Morgan fingerprint density at radius 1 is 1.12 bits per heavy atom. The Labute approximate surface area is 161 Å². The van der Waals surface area contributed by atoms with E-state index in [1.807, 2.05) is 12.1 Å². The summed E-state index contributed by atoms with van der Waals surface area (Å²) in [5, 5.41) is 1.13. The van der Waals surface area contributed by atoms with Gasteiger partial charge in [0.2, 0.25) is 0 Å². The molecule has 1 aliphatic heterocycles. The maximum atomic E-state index is 12.8. The van der Waals surface area contributed by atoms with E-state index >= 15 is 0 Å². The van der Waals surface area contributed by atoms with Crippen molar-refractivity contribution in [2.75, 3.05) is 13.2 Å². The Balaban J connectivity index is 1.79. The van der Waals surface area contributed by atoms with Gasteiger partial charge in [0.25, 0.3) is 5.56 Å². The molecule has 25 heavy (non-hydrogen) atoms. The van der Waals surface area contributed by atoms with E-state index in [1.165, 1.54) is 10.9 Å². The van der Waals surface area contributed by atoms with Crippen molar-refractivity contribution >= 4 is 50.0 Å². The van der Waals surface area contributed by atoms with Crippen LogP contribution in [0.3, 0.4) is 0 Å². The van der Waals surface area contributed by atoms with E-state index in [1.54, 1.807) is 12.1 Å². The average molecular weight is 442 g/mol. The molecule has 0 unspecified atom stereocenters. The van der Waals surface area contributed by atoms with Gasteiger partial charge in [-0.1, -0.05) is 39.1 Å². The summed E-state index contributed by atoms with van der Waals surface area (Å²) in [6.45, 7) is 1.35. The van der Waals surface area contributed by atoms with Crippen LogP contribution in [0.25, 0.3) is 10.9 Å². The quantitative estimate of drug-likeness (QED) is 0.595. The highest BCUT2D eigenvalue weighted by Crippen LogP contribution is 2.35. The van der Waals surface area contributed by atoms with Gasteiger partial charge in [-0.3, -0.25) is 9.36 Å². The second-order valence-corrected chi connectivity index (χ2v) is 7.25. The number of benzene rings is 2. The fourth-order valence-corrected chi connectivity index (χ4v) is 3.71. The Bertz CT molecular complexity index is 1050. The zero-order chi connectivity index (χ0) is 17.6. The molecular weight excluding hydrogens is 431 g/mol. The molecule has 1 aliphatic rings. The molecule has 4 rings (SSSR count).